The summed E-state index contributed by atoms with van der Waals surface area (Å²) in [6.07, 6.45) is 0. The summed E-state index contributed by atoms with van der Waals surface area (Å²) in [5.41, 5.74) is 14.9. The maximum absolute atomic E-state index is 14.1. The van der Waals surface area contributed by atoms with Crippen LogP contribution in [0.4, 0.5) is 21.5 Å². The van der Waals surface area contributed by atoms with Crippen LogP contribution in [0.3, 0.4) is 0 Å². The molecule has 2 heterocycles. The second-order valence-corrected chi connectivity index (χ2v) is 15.4. The lowest BCUT2D eigenvalue weighted by Gasteiger charge is -2.40. The van der Waals surface area contributed by atoms with Gasteiger partial charge >= 0.3 is 0 Å². The third-order valence-electron chi connectivity index (χ3n) is 12.3. The summed E-state index contributed by atoms with van der Waals surface area (Å²) < 4.78 is 23.3. The van der Waals surface area contributed by atoms with Crippen LogP contribution in [0.15, 0.2) is 212 Å². The summed E-state index contributed by atoms with van der Waals surface area (Å²) >= 11 is 0. The molecular weight excluding hydrogens is 724 g/mol. The van der Waals surface area contributed by atoms with Gasteiger partial charge < -0.3 is 14.2 Å². The fourth-order valence-corrected chi connectivity index (χ4v) is 9.89. The topological polar surface area (TPSA) is 17.4 Å². The predicted octanol–water partition coefficient (Wildman–Crippen LogP) is 14.5. The van der Waals surface area contributed by atoms with E-state index >= 15 is 0 Å². The van der Waals surface area contributed by atoms with Crippen molar-refractivity contribution in [1.82, 2.24) is 4.57 Å². The lowest BCUT2D eigenvalue weighted by atomic mass is 9.65. The quantitative estimate of drug-likeness (QED) is 0.174. The van der Waals surface area contributed by atoms with Crippen molar-refractivity contribution in [3.05, 3.63) is 240 Å². The van der Waals surface area contributed by atoms with Crippen LogP contribution in [0.5, 0.6) is 11.5 Å². The number of aromatic nitrogens is 1. The Morgan fingerprint density at radius 1 is 0.424 bits per heavy atom. The molecule has 59 heavy (non-hydrogen) atoms. The molecule has 0 fully saturated rings. The largest absolute Gasteiger partial charge is 0.456 e. The summed E-state index contributed by atoms with van der Waals surface area (Å²) in [7, 11) is 0. The molecule has 4 heteroatoms. The zero-order valence-corrected chi connectivity index (χ0v) is 31.9. The van der Waals surface area contributed by atoms with E-state index in [1.807, 2.05) is 12.1 Å². The molecule has 12 rings (SSSR count). The highest BCUT2D eigenvalue weighted by Gasteiger charge is 2.51. The van der Waals surface area contributed by atoms with Crippen molar-refractivity contribution < 1.29 is 9.13 Å². The Labute approximate surface area is 341 Å². The SMILES string of the molecule is Fc1ccc(-n2c3ccccc3c3cc(N(c4ccccc4)c4ccc5c(c4)C4(c6ccccc6Oc6c(-c7ccccc7)cccc64)c4ccccc4-5)ccc32)cc1. The highest BCUT2D eigenvalue weighted by atomic mass is 19.1. The number of para-hydroxylation sites is 4. The van der Waals surface area contributed by atoms with Crippen molar-refractivity contribution in [2.45, 2.75) is 5.41 Å². The second kappa shape index (κ2) is 12.9. The van der Waals surface area contributed by atoms with E-state index in [-0.39, 0.29) is 5.82 Å². The van der Waals surface area contributed by atoms with Gasteiger partial charge in [0.15, 0.2) is 0 Å². The van der Waals surface area contributed by atoms with E-state index < -0.39 is 5.41 Å². The smallest absolute Gasteiger partial charge is 0.140 e. The van der Waals surface area contributed by atoms with Crippen LogP contribution in [0.1, 0.15) is 22.3 Å². The normalized spacial score (nSPS) is 14.7. The first kappa shape index (κ1) is 33.4. The van der Waals surface area contributed by atoms with Gasteiger partial charge in [-0.2, -0.15) is 0 Å². The summed E-state index contributed by atoms with van der Waals surface area (Å²) in [5.74, 6) is 1.49. The Bertz CT molecular complexity index is 3260. The van der Waals surface area contributed by atoms with Gasteiger partial charge in [0.05, 0.1) is 16.4 Å². The maximum Gasteiger partial charge on any atom is 0.140 e. The average Bonchev–Trinajstić information content (AvgIpc) is 3.77. The van der Waals surface area contributed by atoms with Crippen molar-refractivity contribution in [1.29, 1.82) is 0 Å². The van der Waals surface area contributed by atoms with Crippen LogP contribution in [0.2, 0.25) is 0 Å². The monoisotopic (exact) mass is 758 g/mol. The Morgan fingerprint density at radius 2 is 1.05 bits per heavy atom. The molecule has 0 radical (unpaired) electrons. The van der Waals surface area contributed by atoms with Gasteiger partial charge in [-0.05, 0) is 107 Å². The third-order valence-corrected chi connectivity index (χ3v) is 12.3. The highest BCUT2D eigenvalue weighted by Crippen LogP contribution is 2.63. The fourth-order valence-electron chi connectivity index (χ4n) is 9.89. The molecule has 1 spiro atoms. The van der Waals surface area contributed by atoms with E-state index in [9.17, 15) is 4.39 Å². The summed E-state index contributed by atoms with van der Waals surface area (Å²) in [6.45, 7) is 0. The standard InChI is InChI=1S/C55H35FN2O/c56-37-26-28-39(29-27-37)58-51-24-11-8-19-45(51)46-34-40(31-33-52(46)58)57(38-16-5-2-6-17-38)41-30-32-44-43-18-7-9-21-47(43)55(50(44)35-41)48-22-10-12-25-53(48)59-54-42(20-13-23-49(54)55)36-14-3-1-4-15-36/h1-35H. The number of ether oxygens (including phenoxy) is 1. The van der Waals surface area contributed by atoms with E-state index in [0.717, 1.165) is 78.3 Å². The highest BCUT2D eigenvalue weighted by molar-refractivity contribution is 6.10. The van der Waals surface area contributed by atoms with Crippen molar-refractivity contribution in [3.63, 3.8) is 0 Å². The molecule has 1 aromatic heterocycles. The lowest BCUT2D eigenvalue weighted by molar-refractivity contribution is 0.438. The summed E-state index contributed by atoms with van der Waals surface area (Å²) in [4.78, 5) is 2.37. The molecule has 1 aliphatic carbocycles. The second-order valence-electron chi connectivity index (χ2n) is 15.4. The van der Waals surface area contributed by atoms with Crippen LogP contribution >= 0.6 is 0 Å². The Balaban J connectivity index is 1.12. The fraction of sp³-hybridized carbons (Fsp3) is 0.0182. The molecule has 3 nitrogen and oxygen atoms in total. The number of fused-ring (bicyclic) bond motifs is 12. The van der Waals surface area contributed by atoms with Crippen LogP contribution in [0.25, 0.3) is 49.7 Å². The molecule has 278 valence electrons. The minimum Gasteiger partial charge on any atom is -0.456 e. The molecule has 2 aliphatic rings. The molecular formula is C55H35FN2O. The van der Waals surface area contributed by atoms with Gasteiger partial charge in [0, 0.05) is 50.2 Å². The molecule has 0 amide bonds. The van der Waals surface area contributed by atoms with E-state index in [1.165, 1.54) is 34.4 Å². The van der Waals surface area contributed by atoms with E-state index in [0.29, 0.717) is 0 Å². The molecule has 1 atom stereocenters. The summed E-state index contributed by atoms with van der Waals surface area (Å²) in [5, 5.41) is 2.25. The minimum absolute atomic E-state index is 0.251. The molecule has 10 aromatic rings. The number of hydrogen-bond donors (Lipinski definition) is 0. The van der Waals surface area contributed by atoms with Crippen molar-refractivity contribution in [2.75, 3.05) is 4.90 Å². The lowest BCUT2D eigenvalue weighted by Crippen LogP contribution is -2.32. The average molecular weight is 759 g/mol. The summed E-state index contributed by atoms with van der Waals surface area (Å²) in [6, 6.07) is 74.1. The maximum atomic E-state index is 14.1. The van der Waals surface area contributed by atoms with E-state index in [2.05, 4.69) is 198 Å². The first-order valence-electron chi connectivity index (χ1n) is 20.0. The predicted molar refractivity (Wildman–Crippen MR) is 238 cm³/mol. The van der Waals surface area contributed by atoms with Crippen molar-refractivity contribution in [2.24, 2.45) is 0 Å². The van der Waals surface area contributed by atoms with Gasteiger partial charge in [-0.15, -0.1) is 0 Å². The van der Waals surface area contributed by atoms with Crippen molar-refractivity contribution in [3.8, 4) is 39.4 Å². The molecule has 9 aromatic carbocycles. The van der Waals surface area contributed by atoms with Gasteiger partial charge in [0.1, 0.15) is 17.3 Å². The number of halogens is 1. The van der Waals surface area contributed by atoms with Gasteiger partial charge in [-0.3, -0.25) is 0 Å². The number of anilines is 3. The molecule has 1 unspecified atom stereocenters. The first-order chi connectivity index (χ1) is 29.2. The van der Waals surface area contributed by atoms with Crippen LogP contribution in [-0.2, 0) is 5.41 Å². The van der Waals surface area contributed by atoms with E-state index in [4.69, 9.17) is 4.74 Å². The minimum atomic E-state index is -0.647. The van der Waals surface area contributed by atoms with Crippen LogP contribution in [-0.4, -0.2) is 4.57 Å². The van der Waals surface area contributed by atoms with Crippen LogP contribution < -0.4 is 9.64 Å². The number of rotatable bonds is 5. The number of benzene rings is 9. The molecule has 0 saturated carbocycles. The van der Waals surface area contributed by atoms with Gasteiger partial charge in [-0.25, -0.2) is 4.39 Å². The van der Waals surface area contributed by atoms with Gasteiger partial charge in [0.25, 0.3) is 0 Å². The van der Waals surface area contributed by atoms with Gasteiger partial charge in [-0.1, -0.05) is 133 Å². The zero-order chi connectivity index (χ0) is 39.1. The van der Waals surface area contributed by atoms with Crippen LogP contribution in [0, 0.1) is 5.82 Å². The number of nitrogens with zero attached hydrogens (tertiary/aromatic N) is 2. The van der Waals surface area contributed by atoms with Crippen molar-refractivity contribution >= 4 is 38.9 Å². The molecule has 1 aliphatic heterocycles. The Morgan fingerprint density at radius 3 is 1.90 bits per heavy atom. The molecule has 0 N–H and O–H groups in total. The molecule has 0 saturated heterocycles. The van der Waals surface area contributed by atoms with Gasteiger partial charge in [0.2, 0.25) is 0 Å². The first-order valence-corrected chi connectivity index (χ1v) is 20.0. The molecule has 0 bridgehead atoms. The Hall–Kier alpha value is -7.69. The zero-order valence-electron chi connectivity index (χ0n) is 31.9. The van der Waals surface area contributed by atoms with E-state index in [1.54, 1.807) is 0 Å². The third kappa shape index (κ3) is 4.87. The number of hydrogen-bond acceptors (Lipinski definition) is 2. The Kier molecular flexibility index (Phi) is 7.32.